The van der Waals surface area contributed by atoms with Gasteiger partial charge in [-0.15, -0.1) is 0 Å². The first-order chi connectivity index (χ1) is 13.9. The Bertz CT molecular complexity index is 976. The second-order valence-corrected chi connectivity index (χ2v) is 8.52. The Morgan fingerprint density at radius 2 is 1.97 bits per heavy atom. The van der Waals surface area contributed by atoms with E-state index in [9.17, 15) is 13.2 Å². The van der Waals surface area contributed by atoms with Crippen LogP contribution in [-0.2, 0) is 19.6 Å². The smallest absolute Gasteiger partial charge is 0.262 e. The zero-order chi connectivity index (χ0) is 20.9. The number of amides is 1. The maximum absolute atomic E-state index is 12.7. The highest BCUT2D eigenvalue weighted by Crippen LogP contribution is 2.29. The Labute approximate surface area is 174 Å². The molecule has 1 fully saturated rings. The normalized spacial score (nSPS) is 15.0. The van der Waals surface area contributed by atoms with Gasteiger partial charge in [0.15, 0.2) is 6.61 Å². The minimum absolute atomic E-state index is 0.0672. The molecule has 0 bridgehead atoms. The number of sulfonamides is 1. The maximum atomic E-state index is 12.7. The van der Waals surface area contributed by atoms with Gasteiger partial charge in [0.25, 0.3) is 5.91 Å². The molecule has 1 amide bonds. The molecular formula is C19H21ClN2O6S. The lowest BCUT2D eigenvalue weighted by Crippen LogP contribution is -2.40. The predicted octanol–water partition coefficient (Wildman–Crippen LogP) is 2.39. The van der Waals surface area contributed by atoms with Crippen LogP contribution in [0.25, 0.3) is 0 Å². The molecule has 0 aliphatic carbocycles. The van der Waals surface area contributed by atoms with Crippen molar-refractivity contribution in [2.45, 2.75) is 4.90 Å². The van der Waals surface area contributed by atoms with Crippen LogP contribution in [0, 0.1) is 0 Å². The van der Waals surface area contributed by atoms with E-state index in [2.05, 4.69) is 5.32 Å². The predicted molar refractivity (Wildman–Crippen MR) is 108 cm³/mol. The Kier molecular flexibility index (Phi) is 6.96. The van der Waals surface area contributed by atoms with Crippen LogP contribution in [0.3, 0.4) is 0 Å². The number of methoxy groups -OCH3 is 1. The van der Waals surface area contributed by atoms with Crippen LogP contribution in [0.5, 0.6) is 11.5 Å². The van der Waals surface area contributed by atoms with Crippen molar-refractivity contribution in [2.75, 3.05) is 45.3 Å². The molecule has 1 N–H and O–H groups in total. The lowest BCUT2D eigenvalue weighted by atomic mass is 10.3. The lowest BCUT2D eigenvalue weighted by molar-refractivity contribution is -0.118. The Balaban J connectivity index is 1.62. The summed E-state index contributed by atoms with van der Waals surface area (Å²) in [6.45, 7) is 1.02. The Morgan fingerprint density at radius 3 is 2.66 bits per heavy atom. The molecular weight excluding hydrogens is 420 g/mol. The number of hydrogen-bond donors (Lipinski definition) is 1. The Hall–Kier alpha value is -2.33. The van der Waals surface area contributed by atoms with Crippen molar-refractivity contribution in [3.05, 3.63) is 47.5 Å². The number of hydrogen-bond acceptors (Lipinski definition) is 6. The number of ether oxygens (including phenoxy) is 3. The minimum Gasteiger partial charge on any atom is -0.497 e. The van der Waals surface area contributed by atoms with Gasteiger partial charge in [-0.3, -0.25) is 4.79 Å². The average Bonchev–Trinajstić information content (AvgIpc) is 2.73. The number of halogens is 1. The van der Waals surface area contributed by atoms with Gasteiger partial charge >= 0.3 is 0 Å². The molecule has 1 aliphatic rings. The van der Waals surface area contributed by atoms with Crippen molar-refractivity contribution < 1.29 is 27.4 Å². The van der Waals surface area contributed by atoms with E-state index in [0.29, 0.717) is 37.7 Å². The van der Waals surface area contributed by atoms with Crippen LogP contribution in [0.4, 0.5) is 5.69 Å². The van der Waals surface area contributed by atoms with E-state index in [1.807, 2.05) is 0 Å². The molecule has 0 atom stereocenters. The molecule has 2 aromatic carbocycles. The topological polar surface area (TPSA) is 94.2 Å². The van der Waals surface area contributed by atoms with Crippen LogP contribution >= 0.6 is 11.6 Å². The van der Waals surface area contributed by atoms with E-state index >= 15 is 0 Å². The van der Waals surface area contributed by atoms with Crippen molar-refractivity contribution in [3.8, 4) is 11.5 Å². The van der Waals surface area contributed by atoms with E-state index < -0.39 is 10.0 Å². The fourth-order valence-corrected chi connectivity index (χ4v) is 4.47. The molecule has 1 heterocycles. The van der Waals surface area contributed by atoms with Crippen LogP contribution < -0.4 is 14.8 Å². The fraction of sp³-hybridized carbons (Fsp3) is 0.316. The molecule has 156 valence electrons. The first-order valence-electron chi connectivity index (χ1n) is 8.84. The number of carbonyl (C=O) groups excluding carboxylic acids is 1. The van der Waals surface area contributed by atoms with E-state index in [0.717, 1.165) is 0 Å². The van der Waals surface area contributed by atoms with Gasteiger partial charge in [0.05, 0.1) is 30.2 Å². The molecule has 1 aliphatic heterocycles. The maximum Gasteiger partial charge on any atom is 0.262 e. The quantitative estimate of drug-likeness (QED) is 0.710. The third kappa shape index (κ3) is 5.39. The van der Waals surface area contributed by atoms with Gasteiger partial charge in [-0.25, -0.2) is 8.42 Å². The number of carbonyl (C=O) groups is 1. The third-order valence-corrected chi connectivity index (χ3v) is 6.41. The number of benzene rings is 2. The lowest BCUT2D eigenvalue weighted by Gasteiger charge is -2.26. The molecule has 10 heteroatoms. The third-order valence-electron chi connectivity index (χ3n) is 4.22. The van der Waals surface area contributed by atoms with Crippen molar-refractivity contribution >= 4 is 33.2 Å². The summed E-state index contributed by atoms with van der Waals surface area (Å²) >= 11 is 6.18. The van der Waals surface area contributed by atoms with Gasteiger partial charge in [0.1, 0.15) is 11.5 Å². The number of nitrogens with one attached hydrogen (secondary N) is 1. The summed E-state index contributed by atoms with van der Waals surface area (Å²) < 4.78 is 42.4. The van der Waals surface area contributed by atoms with Gasteiger partial charge < -0.3 is 19.5 Å². The summed E-state index contributed by atoms with van der Waals surface area (Å²) in [5.74, 6) is 0.441. The molecule has 2 aromatic rings. The largest absolute Gasteiger partial charge is 0.497 e. The highest BCUT2D eigenvalue weighted by molar-refractivity contribution is 7.89. The van der Waals surface area contributed by atoms with Gasteiger partial charge in [-0.05, 0) is 30.3 Å². The molecule has 0 aromatic heterocycles. The summed E-state index contributed by atoms with van der Waals surface area (Å²) in [6, 6.07) is 11.1. The Morgan fingerprint density at radius 1 is 1.21 bits per heavy atom. The first kappa shape index (κ1) is 21.4. The molecule has 0 unspecified atom stereocenters. The fourth-order valence-electron chi connectivity index (χ4n) is 2.74. The second kappa shape index (κ2) is 9.45. The van der Waals surface area contributed by atoms with Crippen molar-refractivity contribution in [2.24, 2.45) is 0 Å². The van der Waals surface area contributed by atoms with Gasteiger partial charge in [-0.2, -0.15) is 4.31 Å². The highest BCUT2D eigenvalue weighted by Gasteiger charge is 2.27. The van der Waals surface area contributed by atoms with Gasteiger partial charge in [-0.1, -0.05) is 17.7 Å². The minimum atomic E-state index is -3.66. The summed E-state index contributed by atoms with van der Waals surface area (Å²) in [4.78, 5) is 12.2. The van der Waals surface area contributed by atoms with Crippen LogP contribution in [0.2, 0.25) is 5.02 Å². The standard InChI is InChI=1S/C19H21ClN2O6S/c1-26-15-4-2-3-14(11-15)21-19(23)13-28-18-6-5-16(12-17(18)20)29(24,25)22-7-9-27-10-8-22/h2-6,11-12H,7-10,13H2,1H3,(H,21,23). The zero-order valence-corrected chi connectivity index (χ0v) is 17.3. The van der Waals surface area contributed by atoms with Gasteiger partial charge in [0.2, 0.25) is 10.0 Å². The van der Waals surface area contributed by atoms with Gasteiger partial charge in [0, 0.05) is 24.8 Å². The molecule has 0 spiro atoms. The van der Waals surface area contributed by atoms with Crippen molar-refractivity contribution in [1.82, 2.24) is 4.31 Å². The first-order valence-corrected chi connectivity index (χ1v) is 10.7. The number of morpholine rings is 1. The molecule has 29 heavy (non-hydrogen) atoms. The van der Waals surface area contributed by atoms with Crippen LogP contribution in [-0.4, -0.2) is 58.7 Å². The summed E-state index contributed by atoms with van der Waals surface area (Å²) in [7, 11) is -2.12. The molecule has 0 saturated carbocycles. The molecule has 0 radical (unpaired) electrons. The summed E-state index contributed by atoms with van der Waals surface area (Å²) in [6.07, 6.45) is 0. The number of anilines is 1. The average molecular weight is 441 g/mol. The van der Waals surface area contributed by atoms with Crippen molar-refractivity contribution in [3.63, 3.8) is 0 Å². The van der Waals surface area contributed by atoms with Crippen LogP contribution in [0.1, 0.15) is 0 Å². The van der Waals surface area contributed by atoms with E-state index in [-0.39, 0.29) is 28.2 Å². The van der Waals surface area contributed by atoms with E-state index in [1.54, 1.807) is 24.3 Å². The molecule has 3 rings (SSSR count). The second-order valence-electron chi connectivity index (χ2n) is 6.18. The highest BCUT2D eigenvalue weighted by atomic mass is 35.5. The van der Waals surface area contributed by atoms with E-state index in [4.69, 9.17) is 25.8 Å². The summed E-state index contributed by atoms with van der Waals surface area (Å²) in [5, 5.41) is 2.79. The molecule has 8 nitrogen and oxygen atoms in total. The number of rotatable bonds is 7. The van der Waals surface area contributed by atoms with E-state index in [1.165, 1.54) is 29.6 Å². The summed E-state index contributed by atoms with van der Waals surface area (Å²) in [5.41, 5.74) is 0.566. The van der Waals surface area contributed by atoms with Crippen molar-refractivity contribution in [1.29, 1.82) is 0 Å². The molecule has 1 saturated heterocycles. The van der Waals surface area contributed by atoms with Crippen LogP contribution in [0.15, 0.2) is 47.4 Å². The number of nitrogens with zero attached hydrogens (tertiary/aromatic N) is 1. The monoisotopic (exact) mass is 440 g/mol. The zero-order valence-electron chi connectivity index (χ0n) is 15.8. The SMILES string of the molecule is COc1cccc(NC(=O)COc2ccc(S(=O)(=O)N3CCOCC3)cc2Cl)c1.